The third-order valence-electron chi connectivity index (χ3n) is 3.87. The number of benzene rings is 1. The maximum Gasteiger partial charge on any atom is 0.207 e. The van der Waals surface area contributed by atoms with Crippen molar-refractivity contribution in [3.63, 3.8) is 0 Å². The van der Waals surface area contributed by atoms with Gasteiger partial charge >= 0.3 is 0 Å². The van der Waals surface area contributed by atoms with Gasteiger partial charge in [-0.3, -0.25) is 4.79 Å². The van der Waals surface area contributed by atoms with Gasteiger partial charge in [0.15, 0.2) is 0 Å². The quantitative estimate of drug-likeness (QED) is 0.623. The van der Waals surface area contributed by atoms with Gasteiger partial charge in [-0.15, -0.1) is 5.10 Å². The van der Waals surface area contributed by atoms with Gasteiger partial charge in [0.1, 0.15) is 9.45 Å². The second kappa shape index (κ2) is 5.59. The average Bonchev–Trinajstić information content (AvgIpc) is 3.24. The van der Waals surface area contributed by atoms with E-state index in [2.05, 4.69) is 38.1 Å². The van der Waals surface area contributed by atoms with Crippen molar-refractivity contribution in [2.75, 3.05) is 7.11 Å². The van der Waals surface area contributed by atoms with Gasteiger partial charge in [-0.05, 0) is 58.8 Å². The SMILES string of the molecule is COc1cccc(C2(NC=O)CC2c2ccc(I)nn2)c1. The van der Waals surface area contributed by atoms with E-state index in [1.807, 2.05) is 36.4 Å². The molecule has 0 aliphatic heterocycles. The molecule has 108 valence electrons. The number of aromatic nitrogens is 2. The van der Waals surface area contributed by atoms with Crippen molar-refractivity contribution >= 4 is 29.0 Å². The Morgan fingerprint density at radius 3 is 2.90 bits per heavy atom. The molecule has 0 spiro atoms. The number of halogens is 1. The van der Waals surface area contributed by atoms with Crippen LogP contribution < -0.4 is 10.1 Å². The first-order valence-corrected chi connectivity index (χ1v) is 7.62. The van der Waals surface area contributed by atoms with Crippen LogP contribution in [0.15, 0.2) is 36.4 Å². The number of hydrogen-bond acceptors (Lipinski definition) is 4. The first kappa shape index (κ1) is 14.2. The van der Waals surface area contributed by atoms with E-state index in [1.165, 1.54) is 0 Å². The molecular weight excluding hydrogens is 381 g/mol. The summed E-state index contributed by atoms with van der Waals surface area (Å²) in [6, 6.07) is 11.7. The first-order chi connectivity index (χ1) is 10.2. The van der Waals surface area contributed by atoms with Gasteiger partial charge in [-0.25, -0.2) is 0 Å². The number of carbonyl (C=O) groups excluding carboxylic acids is 1. The Labute approximate surface area is 136 Å². The number of carbonyl (C=O) groups is 1. The van der Waals surface area contributed by atoms with Crippen molar-refractivity contribution in [3.8, 4) is 5.75 Å². The Hall–Kier alpha value is -1.70. The Morgan fingerprint density at radius 1 is 1.38 bits per heavy atom. The second-order valence-electron chi connectivity index (χ2n) is 5.00. The van der Waals surface area contributed by atoms with Crippen molar-refractivity contribution in [2.24, 2.45) is 0 Å². The molecule has 0 bridgehead atoms. The zero-order valence-corrected chi connectivity index (χ0v) is 13.6. The van der Waals surface area contributed by atoms with Gasteiger partial charge in [0, 0.05) is 5.92 Å². The molecule has 5 nitrogen and oxygen atoms in total. The van der Waals surface area contributed by atoms with E-state index in [-0.39, 0.29) is 5.92 Å². The van der Waals surface area contributed by atoms with Crippen LogP contribution in [0.1, 0.15) is 23.6 Å². The highest BCUT2D eigenvalue weighted by Gasteiger charge is 2.57. The van der Waals surface area contributed by atoms with Crippen LogP contribution in [-0.2, 0) is 10.3 Å². The lowest BCUT2D eigenvalue weighted by molar-refractivity contribution is -0.110. The Bertz CT molecular complexity index is 662. The molecule has 1 fully saturated rings. The summed E-state index contributed by atoms with van der Waals surface area (Å²) in [7, 11) is 1.63. The van der Waals surface area contributed by atoms with E-state index >= 15 is 0 Å². The van der Waals surface area contributed by atoms with Crippen LogP contribution >= 0.6 is 22.6 Å². The van der Waals surface area contributed by atoms with Gasteiger partial charge in [-0.1, -0.05) is 12.1 Å². The molecule has 0 radical (unpaired) electrons. The van der Waals surface area contributed by atoms with Crippen molar-refractivity contribution in [2.45, 2.75) is 17.9 Å². The minimum Gasteiger partial charge on any atom is -0.497 e. The topological polar surface area (TPSA) is 64.1 Å². The molecule has 1 N–H and O–H groups in total. The fraction of sp³-hybridized carbons (Fsp3) is 0.267. The third-order valence-corrected chi connectivity index (χ3v) is 4.45. The van der Waals surface area contributed by atoms with E-state index < -0.39 is 5.54 Å². The molecule has 1 heterocycles. The van der Waals surface area contributed by atoms with E-state index in [9.17, 15) is 4.79 Å². The van der Waals surface area contributed by atoms with Crippen molar-refractivity contribution in [1.82, 2.24) is 15.5 Å². The van der Waals surface area contributed by atoms with Crippen LogP contribution in [0.2, 0.25) is 0 Å². The predicted octanol–water partition coefficient (Wildman–Crippen LogP) is 2.22. The molecule has 1 aliphatic rings. The summed E-state index contributed by atoms with van der Waals surface area (Å²) in [5, 5.41) is 11.3. The largest absolute Gasteiger partial charge is 0.497 e. The monoisotopic (exact) mass is 395 g/mol. The van der Waals surface area contributed by atoms with Gasteiger partial charge in [0.05, 0.1) is 18.3 Å². The van der Waals surface area contributed by atoms with Crippen molar-refractivity contribution in [1.29, 1.82) is 0 Å². The lowest BCUT2D eigenvalue weighted by Crippen LogP contribution is -2.29. The Kier molecular flexibility index (Phi) is 3.79. The number of nitrogens with zero attached hydrogens (tertiary/aromatic N) is 2. The van der Waals surface area contributed by atoms with E-state index in [0.29, 0.717) is 0 Å². The van der Waals surface area contributed by atoms with Gasteiger partial charge in [0.25, 0.3) is 0 Å². The fourth-order valence-electron chi connectivity index (χ4n) is 2.70. The number of nitrogens with one attached hydrogen (secondary N) is 1. The fourth-order valence-corrected chi connectivity index (χ4v) is 2.99. The van der Waals surface area contributed by atoms with Crippen LogP contribution in [0.3, 0.4) is 0 Å². The molecule has 1 saturated carbocycles. The highest BCUT2D eigenvalue weighted by molar-refractivity contribution is 14.1. The maximum atomic E-state index is 11.0. The molecule has 2 atom stereocenters. The third kappa shape index (κ3) is 2.59. The average molecular weight is 395 g/mol. The zero-order chi connectivity index (χ0) is 14.9. The highest BCUT2D eigenvalue weighted by atomic mass is 127. The first-order valence-electron chi connectivity index (χ1n) is 6.54. The van der Waals surface area contributed by atoms with Crippen LogP contribution in [0, 0.1) is 3.70 Å². The molecule has 2 aromatic rings. The van der Waals surface area contributed by atoms with Crippen molar-refractivity contribution in [3.05, 3.63) is 51.4 Å². The van der Waals surface area contributed by atoms with E-state index in [0.717, 1.165) is 33.5 Å². The minimum atomic E-state index is -0.405. The Morgan fingerprint density at radius 2 is 2.24 bits per heavy atom. The van der Waals surface area contributed by atoms with Crippen LogP contribution in [-0.4, -0.2) is 23.7 Å². The molecule has 1 amide bonds. The Balaban J connectivity index is 1.95. The maximum absolute atomic E-state index is 11.0. The van der Waals surface area contributed by atoms with Gasteiger partial charge in [0.2, 0.25) is 6.41 Å². The van der Waals surface area contributed by atoms with E-state index in [1.54, 1.807) is 7.11 Å². The summed E-state index contributed by atoms with van der Waals surface area (Å²) >= 11 is 2.12. The van der Waals surface area contributed by atoms with Gasteiger partial charge in [-0.2, -0.15) is 5.10 Å². The summed E-state index contributed by atoms with van der Waals surface area (Å²) in [4.78, 5) is 11.0. The predicted molar refractivity (Wildman–Crippen MR) is 86.0 cm³/mol. The molecular formula is C15H14IN3O2. The molecule has 6 heteroatoms. The summed E-state index contributed by atoms with van der Waals surface area (Å²) in [5.74, 6) is 0.915. The lowest BCUT2D eigenvalue weighted by Gasteiger charge is -2.17. The number of hydrogen-bond donors (Lipinski definition) is 1. The number of rotatable bonds is 5. The number of amides is 1. The highest BCUT2D eigenvalue weighted by Crippen LogP contribution is 2.57. The smallest absolute Gasteiger partial charge is 0.207 e. The van der Waals surface area contributed by atoms with Crippen LogP contribution in [0.4, 0.5) is 0 Å². The number of methoxy groups -OCH3 is 1. The summed E-state index contributed by atoms with van der Waals surface area (Å²) < 4.78 is 6.12. The molecule has 2 unspecified atom stereocenters. The molecule has 3 rings (SSSR count). The minimum absolute atomic E-state index is 0.138. The summed E-state index contributed by atoms with van der Waals surface area (Å²) in [6.45, 7) is 0. The van der Waals surface area contributed by atoms with E-state index in [4.69, 9.17) is 4.74 Å². The number of ether oxygens (including phenoxy) is 1. The molecule has 1 aromatic heterocycles. The molecule has 1 aromatic carbocycles. The van der Waals surface area contributed by atoms with Crippen LogP contribution in [0.25, 0.3) is 0 Å². The second-order valence-corrected chi connectivity index (χ2v) is 6.11. The van der Waals surface area contributed by atoms with Gasteiger partial charge < -0.3 is 10.1 Å². The normalized spacial score (nSPS) is 23.4. The van der Waals surface area contributed by atoms with Crippen LogP contribution in [0.5, 0.6) is 5.75 Å². The molecule has 21 heavy (non-hydrogen) atoms. The zero-order valence-electron chi connectivity index (χ0n) is 11.4. The van der Waals surface area contributed by atoms with Crippen molar-refractivity contribution < 1.29 is 9.53 Å². The summed E-state index contributed by atoms with van der Waals surface area (Å²) in [6.07, 6.45) is 1.56. The molecule has 0 saturated heterocycles. The standard InChI is InChI=1S/C15H14IN3O2/c1-21-11-4-2-3-10(7-11)15(17-9-20)8-12(15)13-5-6-14(16)19-18-13/h2-7,9,12H,8H2,1H3,(H,17,20). The lowest BCUT2D eigenvalue weighted by atomic mass is 10.0. The summed E-state index contributed by atoms with van der Waals surface area (Å²) in [5.41, 5.74) is 1.52. The molecule has 1 aliphatic carbocycles.